The lowest BCUT2D eigenvalue weighted by Gasteiger charge is -2.00. The highest BCUT2D eigenvalue weighted by Crippen LogP contribution is 2.02. The van der Waals surface area contributed by atoms with E-state index >= 15 is 0 Å². The van der Waals surface area contributed by atoms with Gasteiger partial charge in [0.1, 0.15) is 6.23 Å². The zero-order valence-corrected chi connectivity index (χ0v) is 4.86. The first kappa shape index (κ1) is 6.19. The third kappa shape index (κ3) is 1.48. The van der Waals surface area contributed by atoms with Crippen LogP contribution in [-0.2, 0) is 0 Å². The molecule has 1 aromatic rings. The van der Waals surface area contributed by atoms with E-state index < -0.39 is 6.23 Å². The van der Waals surface area contributed by atoms with Gasteiger partial charge in [-0.1, -0.05) is 0 Å². The summed E-state index contributed by atoms with van der Waals surface area (Å²) in [4.78, 5) is 3.76. The molecule has 0 aliphatic heterocycles. The van der Waals surface area contributed by atoms with Gasteiger partial charge in [-0.15, -0.1) is 0 Å². The average Bonchev–Trinajstić information content (AvgIpc) is 1.90. The lowest BCUT2D eigenvalue weighted by atomic mass is 10.2. The molecule has 3 N–H and O–H groups in total. The molecule has 1 unspecified atom stereocenters. The largest absolute Gasteiger partial charge is 0.375 e. The van der Waals surface area contributed by atoms with Crippen molar-refractivity contribution in [3.05, 3.63) is 30.1 Å². The normalized spacial score (nSPS) is 13.1. The van der Waals surface area contributed by atoms with Crippen molar-refractivity contribution < 1.29 is 5.11 Å². The van der Waals surface area contributed by atoms with E-state index in [1.807, 2.05) is 0 Å². The Morgan fingerprint density at radius 3 is 2.33 bits per heavy atom. The van der Waals surface area contributed by atoms with E-state index in [1.165, 1.54) is 0 Å². The van der Waals surface area contributed by atoms with Crippen LogP contribution in [0.4, 0.5) is 0 Å². The fraction of sp³-hybridized carbons (Fsp3) is 0.167. The smallest absolute Gasteiger partial charge is 0.128 e. The fourth-order valence-electron chi connectivity index (χ4n) is 0.561. The molecule has 0 bridgehead atoms. The SMILES string of the molecule is NC(O)c1ccncc1. The van der Waals surface area contributed by atoms with Gasteiger partial charge in [-0.25, -0.2) is 0 Å². The highest BCUT2D eigenvalue weighted by Gasteiger charge is 1.96. The third-order valence-electron chi connectivity index (χ3n) is 1.05. The van der Waals surface area contributed by atoms with Gasteiger partial charge in [-0.05, 0) is 17.7 Å². The van der Waals surface area contributed by atoms with Crippen molar-refractivity contribution in [2.24, 2.45) is 5.73 Å². The summed E-state index contributed by atoms with van der Waals surface area (Å²) >= 11 is 0. The summed E-state index contributed by atoms with van der Waals surface area (Å²) in [5, 5.41) is 8.77. The number of rotatable bonds is 1. The highest BCUT2D eigenvalue weighted by atomic mass is 16.3. The number of hydrogen-bond donors (Lipinski definition) is 2. The van der Waals surface area contributed by atoms with E-state index in [1.54, 1.807) is 24.5 Å². The molecule has 1 rings (SSSR count). The third-order valence-corrected chi connectivity index (χ3v) is 1.05. The number of hydrogen-bond acceptors (Lipinski definition) is 3. The molecule has 0 aromatic carbocycles. The standard InChI is InChI=1S/C6H8N2O/c7-6(9)5-1-3-8-4-2-5/h1-4,6,9H,7H2. The van der Waals surface area contributed by atoms with Gasteiger partial charge in [0.2, 0.25) is 0 Å². The molecule has 9 heavy (non-hydrogen) atoms. The molecule has 0 aliphatic rings. The van der Waals surface area contributed by atoms with Crippen LogP contribution in [0.15, 0.2) is 24.5 Å². The van der Waals surface area contributed by atoms with Crippen molar-refractivity contribution in [1.82, 2.24) is 4.98 Å². The summed E-state index contributed by atoms with van der Waals surface area (Å²) < 4.78 is 0. The Hall–Kier alpha value is -0.930. The predicted octanol–water partition coefficient (Wildman–Crippen LogP) is 0.0312. The lowest BCUT2D eigenvalue weighted by molar-refractivity contribution is 0.186. The Balaban J connectivity index is 2.85. The van der Waals surface area contributed by atoms with E-state index in [4.69, 9.17) is 10.8 Å². The monoisotopic (exact) mass is 124 g/mol. The maximum atomic E-state index is 8.77. The van der Waals surface area contributed by atoms with Gasteiger partial charge in [0.15, 0.2) is 0 Å². The van der Waals surface area contributed by atoms with E-state index in [9.17, 15) is 0 Å². The predicted molar refractivity (Wildman–Crippen MR) is 33.4 cm³/mol. The van der Waals surface area contributed by atoms with Gasteiger partial charge in [-0.3, -0.25) is 4.98 Å². The molecule has 1 aromatic heterocycles. The summed E-state index contributed by atoms with van der Waals surface area (Å²) in [6.07, 6.45) is 2.30. The number of aromatic nitrogens is 1. The van der Waals surface area contributed by atoms with Crippen LogP contribution in [0.1, 0.15) is 11.8 Å². The molecule has 0 spiro atoms. The van der Waals surface area contributed by atoms with Crippen molar-refractivity contribution in [3.8, 4) is 0 Å². The average molecular weight is 124 g/mol. The first-order valence-corrected chi connectivity index (χ1v) is 2.64. The molecule has 3 nitrogen and oxygen atoms in total. The Morgan fingerprint density at radius 2 is 2.00 bits per heavy atom. The van der Waals surface area contributed by atoms with E-state index in [0.717, 1.165) is 0 Å². The number of aliphatic hydroxyl groups excluding tert-OH is 1. The van der Waals surface area contributed by atoms with Gasteiger partial charge in [0.05, 0.1) is 0 Å². The molecule has 0 aliphatic carbocycles. The van der Waals surface area contributed by atoms with Crippen LogP contribution in [0.25, 0.3) is 0 Å². The molecule has 0 amide bonds. The van der Waals surface area contributed by atoms with Gasteiger partial charge < -0.3 is 10.8 Å². The van der Waals surface area contributed by atoms with Crippen LogP contribution < -0.4 is 5.73 Å². The fourth-order valence-corrected chi connectivity index (χ4v) is 0.561. The minimum atomic E-state index is -0.881. The van der Waals surface area contributed by atoms with Gasteiger partial charge in [0.25, 0.3) is 0 Å². The minimum Gasteiger partial charge on any atom is -0.375 e. The molecule has 3 heteroatoms. The summed E-state index contributed by atoms with van der Waals surface area (Å²) in [6, 6.07) is 3.34. The second-order valence-electron chi connectivity index (χ2n) is 1.73. The first-order valence-electron chi connectivity index (χ1n) is 2.64. The molecular weight excluding hydrogens is 116 g/mol. The number of aliphatic hydroxyl groups is 1. The minimum absolute atomic E-state index is 0.685. The van der Waals surface area contributed by atoms with Crippen LogP contribution in [0.2, 0.25) is 0 Å². The van der Waals surface area contributed by atoms with E-state index in [-0.39, 0.29) is 0 Å². The Kier molecular flexibility index (Phi) is 1.77. The molecule has 0 fully saturated rings. The summed E-state index contributed by atoms with van der Waals surface area (Å²) in [5.41, 5.74) is 5.83. The maximum absolute atomic E-state index is 8.77. The van der Waals surface area contributed by atoms with Crippen LogP contribution in [0.5, 0.6) is 0 Å². The van der Waals surface area contributed by atoms with E-state index in [0.29, 0.717) is 5.56 Å². The van der Waals surface area contributed by atoms with Crippen molar-refractivity contribution in [3.63, 3.8) is 0 Å². The van der Waals surface area contributed by atoms with Gasteiger partial charge in [0, 0.05) is 12.4 Å². The van der Waals surface area contributed by atoms with Crippen LogP contribution >= 0.6 is 0 Å². The van der Waals surface area contributed by atoms with E-state index in [2.05, 4.69) is 4.98 Å². The number of nitrogens with two attached hydrogens (primary N) is 1. The zero-order chi connectivity index (χ0) is 6.69. The second-order valence-corrected chi connectivity index (χ2v) is 1.73. The van der Waals surface area contributed by atoms with Crippen molar-refractivity contribution in [1.29, 1.82) is 0 Å². The summed E-state index contributed by atoms with van der Waals surface area (Å²) in [7, 11) is 0. The molecule has 1 atom stereocenters. The number of pyridine rings is 1. The quantitative estimate of drug-likeness (QED) is 0.519. The first-order chi connectivity index (χ1) is 4.30. The van der Waals surface area contributed by atoms with Crippen LogP contribution in [0.3, 0.4) is 0 Å². The summed E-state index contributed by atoms with van der Waals surface area (Å²) in [5.74, 6) is 0. The van der Waals surface area contributed by atoms with Gasteiger partial charge in [-0.2, -0.15) is 0 Å². The molecule has 48 valence electrons. The van der Waals surface area contributed by atoms with Crippen molar-refractivity contribution in [2.75, 3.05) is 0 Å². The second kappa shape index (κ2) is 2.57. The Labute approximate surface area is 53.2 Å². The van der Waals surface area contributed by atoms with Crippen LogP contribution in [-0.4, -0.2) is 10.1 Å². The maximum Gasteiger partial charge on any atom is 0.128 e. The molecule has 0 saturated carbocycles. The van der Waals surface area contributed by atoms with Crippen molar-refractivity contribution >= 4 is 0 Å². The Morgan fingerprint density at radius 1 is 1.44 bits per heavy atom. The lowest BCUT2D eigenvalue weighted by Crippen LogP contribution is -2.07. The molecule has 0 saturated heterocycles. The topological polar surface area (TPSA) is 59.1 Å². The van der Waals surface area contributed by atoms with Crippen LogP contribution in [0, 0.1) is 0 Å². The highest BCUT2D eigenvalue weighted by molar-refractivity contribution is 5.11. The zero-order valence-electron chi connectivity index (χ0n) is 4.86. The van der Waals surface area contributed by atoms with Gasteiger partial charge >= 0.3 is 0 Å². The molecule has 0 radical (unpaired) electrons. The summed E-state index contributed by atoms with van der Waals surface area (Å²) in [6.45, 7) is 0. The molecular formula is C6H8N2O. The Bertz CT molecular complexity index is 174. The molecule has 1 heterocycles. The number of nitrogens with zero attached hydrogens (tertiary/aromatic N) is 1. The van der Waals surface area contributed by atoms with Crippen molar-refractivity contribution in [2.45, 2.75) is 6.23 Å².